The summed E-state index contributed by atoms with van der Waals surface area (Å²) in [6.45, 7) is 6.56. The number of halogens is 1. The number of hydrogen-bond acceptors (Lipinski definition) is 4. The Morgan fingerprint density at radius 1 is 1.26 bits per heavy atom. The Hall–Kier alpha value is -1.82. The van der Waals surface area contributed by atoms with Crippen LogP contribution in [0.4, 0.5) is 0 Å². The predicted octanol–water partition coefficient (Wildman–Crippen LogP) is 5.33. The third kappa shape index (κ3) is 3.77. The van der Waals surface area contributed by atoms with Crippen LogP contribution in [0, 0.1) is 13.8 Å². The first kappa shape index (κ1) is 18.5. The molecular formula is C21H23ClN2O2S. The van der Waals surface area contributed by atoms with Crippen LogP contribution in [0.3, 0.4) is 0 Å². The van der Waals surface area contributed by atoms with Crippen molar-refractivity contribution in [3.63, 3.8) is 0 Å². The first-order valence-corrected chi connectivity index (χ1v) is 10.5. The van der Waals surface area contributed by atoms with Crippen molar-refractivity contribution < 1.29 is 9.21 Å². The SMILES string of the molecule is Cc1ccc2c(Cl)c(C(=O)NCC(c3ccc(C)o3)N3CCCC3)sc2c1. The van der Waals surface area contributed by atoms with Gasteiger partial charge in [-0.3, -0.25) is 9.69 Å². The van der Waals surface area contributed by atoms with E-state index in [1.165, 1.54) is 24.2 Å². The summed E-state index contributed by atoms with van der Waals surface area (Å²) in [4.78, 5) is 15.8. The number of furan rings is 1. The minimum atomic E-state index is -0.119. The Bertz CT molecular complexity index is 972. The number of amides is 1. The molecule has 142 valence electrons. The summed E-state index contributed by atoms with van der Waals surface area (Å²) in [6.07, 6.45) is 2.37. The third-order valence-corrected chi connectivity index (χ3v) is 6.77. The number of fused-ring (bicyclic) bond motifs is 1. The fourth-order valence-electron chi connectivity index (χ4n) is 3.68. The molecule has 1 fully saturated rings. The highest BCUT2D eigenvalue weighted by Gasteiger charge is 2.27. The van der Waals surface area contributed by atoms with Gasteiger partial charge >= 0.3 is 0 Å². The number of hydrogen-bond donors (Lipinski definition) is 1. The zero-order chi connectivity index (χ0) is 19.0. The van der Waals surface area contributed by atoms with Crippen LogP contribution in [0.1, 0.15) is 45.6 Å². The van der Waals surface area contributed by atoms with Crippen molar-refractivity contribution in [2.45, 2.75) is 32.7 Å². The molecule has 0 aliphatic carbocycles. The van der Waals surface area contributed by atoms with Gasteiger partial charge < -0.3 is 9.73 Å². The van der Waals surface area contributed by atoms with Gasteiger partial charge in [0, 0.05) is 16.6 Å². The number of carbonyl (C=O) groups excluding carboxylic acids is 1. The Labute approximate surface area is 168 Å². The van der Waals surface area contributed by atoms with Crippen LogP contribution in [0.25, 0.3) is 10.1 Å². The lowest BCUT2D eigenvalue weighted by molar-refractivity contribution is 0.0938. The Morgan fingerprint density at radius 3 is 2.74 bits per heavy atom. The van der Waals surface area contributed by atoms with Gasteiger partial charge in [-0.25, -0.2) is 0 Å². The fraction of sp³-hybridized carbons (Fsp3) is 0.381. The number of thiophene rings is 1. The van der Waals surface area contributed by atoms with Crippen molar-refractivity contribution in [2.75, 3.05) is 19.6 Å². The predicted molar refractivity (Wildman–Crippen MR) is 111 cm³/mol. The van der Waals surface area contributed by atoms with E-state index in [0.717, 1.165) is 40.3 Å². The van der Waals surface area contributed by atoms with Crippen LogP contribution in [0.5, 0.6) is 0 Å². The molecule has 1 unspecified atom stereocenters. The lowest BCUT2D eigenvalue weighted by Gasteiger charge is -2.26. The standard InChI is InChI=1S/C21H23ClN2O2S/c1-13-5-7-15-18(11-13)27-20(19(15)22)21(25)23-12-16(24-9-3-4-10-24)17-8-6-14(2)26-17/h5-8,11,16H,3-4,9-10,12H2,1-2H3,(H,23,25). The topological polar surface area (TPSA) is 45.5 Å². The van der Waals surface area contributed by atoms with E-state index in [1.807, 2.05) is 38.1 Å². The van der Waals surface area contributed by atoms with Gasteiger partial charge in [0.2, 0.25) is 0 Å². The quantitative estimate of drug-likeness (QED) is 0.627. The molecule has 1 aliphatic rings. The summed E-state index contributed by atoms with van der Waals surface area (Å²) in [5.41, 5.74) is 1.16. The molecule has 6 heteroatoms. The van der Waals surface area contributed by atoms with Crippen LogP contribution in [0.2, 0.25) is 5.02 Å². The van der Waals surface area contributed by atoms with Crippen molar-refractivity contribution >= 4 is 38.9 Å². The summed E-state index contributed by atoms with van der Waals surface area (Å²) >= 11 is 7.94. The van der Waals surface area contributed by atoms with E-state index >= 15 is 0 Å². The summed E-state index contributed by atoms with van der Waals surface area (Å²) in [5.74, 6) is 1.68. The zero-order valence-corrected chi connectivity index (χ0v) is 17.1. The van der Waals surface area contributed by atoms with Crippen LogP contribution >= 0.6 is 22.9 Å². The molecule has 4 rings (SSSR count). The summed E-state index contributed by atoms with van der Waals surface area (Å²) < 4.78 is 6.91. The molecule has 1 N–H and O–H groups in total. The average Bonchev–Trinajstić information content (AvgIpc) is 3.37. The van der Waals surface area contributed by atoms with Crippen molar-refractivity contribution in [2.24, 2.45) is 0 Å². The zero-order valence-electron chi connectivity index (χ0n) is 15.5. The summed E-state index contributed by atoms with van der Waals surface area (Å²) in [7, 11) is 0. The Morgan fingerprint density at radius 2 is 2.04 bits per heavy atom. The maximum Gasteiger partial charge on any atom is 0.263 e. The molecular weight excluding hydrogens is 380 g/mol. The van der Waals surface area contributed by atoms with Crippen LogP contribution in [-0.4, -0.2) is 30.4 Å². The fourth-order valence-corrected chi connectivity index (χ4v) is 5.22. The van der Waals surface area contributed by atoms with Gasteiger partial charge in [-0.15, -0.1) is 11.3 Å². The molecule has 2 aromatic heterocycles. The molecule has 3 heterocycles. The highest BCUT2D eigenvalue weighted by Crippen LogP contribution is 2.36. The van der Waals surface area contributed by atoms with E-state index in [9.17, 15) is 4.79 Å². The van der Waals surface area contributed by atoms with Gasteiger partial charge in [0.05, 0.1) is 11.1 Å². The van der Waals surface area contributed by atoms with Crippen molar-refractivity contribution in [1.82, 2.24) is 10.2 Å². The highest BCUT2D eigenvalue weighted by molar-refractivity contribution is 7.21. The molecule has 1 saturated heterocycles. The number of nitrogens with one attached hydrogen (secondary N) is 1. The first-order chi connectivity index (χ1) is 13.0. The Kier molecular flexibility index (Phi) is 5.26. The maximum atomic E-state index is 12.8. The smallest absolute Gasteiger partial charge is 0.263 e. The van der Waals surface area contributed by atoms with Crippen molar-refractivity contribution in [1.29, 1.82) is 0 Å². The molecule has 4 nitrogen and oxygen atoms in total. The average molecular weight is 403 g/mol. The van der Waals surface area contributed by atoms with E-state index in [4.69, 9.17) is 16.0 Å². The second kappa shape index (κ2) is 7.66. The van der Waals surface area contributed by atoms with E-state index in [2.05, 4.69) is 16.3 Å². The summed E-state index contributed by atoms with van der Waals surface area (Å²) in [6, 6.07) is 10.1. The van der Waals surface area contributed by atoms with E-state index in [0.29, 0.717) is 16.4 Å². The minimum Gasteiger partial charge on any atom is -0.465 e. The lowest BCUT2D eigenvalue weighted by atomic mass is 10.2. The normalized spacial score (nSPS) is 16.1. The maximum absolute atomic E-state index is 12.8. The first-order valence-electron chi connectivity index (χ1n) is 9.30. The second-order valence-electron chi connectivity index (χ2n) is 7.16. The Balaban J connectivity index is 1.53. The molecule has 1 aliphatic heterocycles. The van der Waals surface area contributed by atoms with E-state index in [1.54, 1.807) is 0 Å². The van der Waals surface area contributed by atoms with Gasteiger partial charge in [-0.2, -0.15) is 0 Å². The van der Waals surface area contributed by atoms with Gasteiger partial charge in [-0.1, -0.05) is 23.7 Å². The molecule has 0 spiro atoms. The molecule has 1 atom stereocenters. The number of likely N-dealkylation sites (tertiary alicyclic amines) is 1. The largest absolute Gasteiger partial charge is 0.465 e. The second-order valence-corrected chi connectivity index (χ2v) is 8.59. The number of rotatable bonds is 5. The third-order valence-electron chi connectivity index (χ3n) is 5.12. The highest BCUT2D eigenvalue weighted by atomic mass is 35.5. The number of carbonyl (C=O) groups is 1. The summed E-state index contributed by atoms with van der Waals surface area (Å²) in [5, 5.41) is 4.57. The van der Waals surface area contributed by atoms with E-state index in [-0.39, 0.29) is 11.9 Å². The minimum absolute atomic E-state index is 0.0561. The molecule has 1 amide bonds. The van der Waals surface area contributed by atoms with Crippen LogP contribution in [-0.2, 0) is 0 Å². The van der Waals surface area contributed by atoms with Gasteiger partial charge in [-0.05, 0) is 63.5 Å². The molecule has 0 radical (unpaired) electrons. The van der Waals surface area contributed by atoms with Gasteiger partial charge in [0.25, 0.3) is 5.91 Å². The van der Waals surface area contributed by atoms with Crippen molar-refractivity contribution in [3.05, 3.63) is 57.3 Å². The van der Waals surface area contributed by atoms with E-state index < -0.39 is 0 Å². The monoisotopic (exact) mass is 402 g/mol. The number of benzene rings is 1. The van der Waals surface area contributed by atoms with Gasteiger partial charge in [0.1, 0.15) is 16.4 Å². The van der Waals surface area contributed by atoms with Crippen molar-refractivity contribution in [3.8, 4) is 0 Å². The molecule has 3 aromatic rings. The van der Waals surface area contributed by atoms with Gasteiger partial charge in [0.15, 0.2) is 0 Å². The van der Waals surface area contributed by atoms with Crippen LogP contribution in [0.15, 0.2) is 34.7 Å². The molecule has 27 heavy (non-hydrogen) atoms. The van der Waals surface area contributed by atoms with Crippen LogP contribution < -0.4 is 5.32 Å². The lowest BCUT2D eigenvalue weighted by Crippen LogP contribution is -2.36. The molecule has 1 aromatic carbocycles. The number of nitrogens with zero attached hydrogens (tertiary/aromatic N) is 1. The molecule has 0 saturated carbocycles. The molecule has 0 bridgehead atoms. The number of aryl methyl sites for hydroxylation is 2.